The maximum atomic E-state index is 11.5. The van der Waals surface area contributed by atoms with Crippen LogP contribution in [-0.4, -0.2) is 26.7 Å². The molecule has 2 amide bonds. The Bertz CT molecular complexity index is 413. The molecule has 0 aliphatic heterocycles. The number of carbonyl (C=O) groups is 1. The predicted molar refractivity (Wildman–Crippen MR) is 72.7 cm³/mol. The number of anilines is 2. The van der Waals surface area contributed by atoms with Gasteiger partial charge in [0, 0.05) is 32.0 Å². The van der Waals surface area contributed by atoms with E-state index in [1.165, 1.54) is 0 Å². The maximum Gasteiger partial charge on any atom is 0.319 e. The van der Waals surface area contributed by atoms with Crippen LogP contribution in [0.15, 0.2) is 30.9 Å². The standard InChI is InChI=1S/C13H19N3O/c1-5-8-14-13(17)15-12-7-6-11(16(3)4)9-10(12)2/h5-7,9H,1,8H2,2-4H3,(H2,14,15,17). The average Bonchev–Trinajstić information content (AvgIpc) is 2.28. The highest BCUT2D eigenvalue weighted by molar-refractivity contribution is 5.90. The monoisotopic (exact) mass is 233 g/mol. The molecule has 0 aromatic heterocycles. The smallest absolute Gasteiger partial charge is 0.319 e. The van der Waals surface area contributed by atoms with Gasteiger partial charge < -0.3 is 15.5 Å². The molecular weight excluding hydrogens is 214 g/mol. The minimum Gasteiger partial charge on any atom is -0.378 e. The Morgan fingerprint density at radius 1 is 1.47 bits per heavy atom. The van der Waals surface area contributed by atoms with E-state index < -0.39 is 0 Å². The number of hydrogen-bond acceptors (Lipinski definition) is 2. The first-order chi connectivity index (χ1) is 8.04. The first kappa shape index (κ1) is 13.1. The number of nitrogens with one attached hydrogen (secondary N) is 2. The fourth-order valence-electron chi connectivity index (χ4n) is 1.40. The Kier molecular flexibility index (Phi) is 4.57. The molecule has 4 heteroatoms. The molecule has 0 atom stereocenters. The number of benzene rings is 1. The summed E-state index contributed by atoms with van der Waals surface area (Å²) in [6.45, 7) is 5.97. The van der Waals surface area contributed by atoms with E-state index in [4.69, 9.17) is 0 Å². The van der Waals surface area contributed by atoms with Crippen molar-refractivity contribution >= 4 is 17.4 Å². The van der Waals surface area contributed by atoms with E-state index in [2.05, 4.69) is 17.2 Å². The van der Waals surface area contributed by atoms with E-state index >= 15 is 0 Å². The second kappa shape index (κ2) is 5.94. The minimum atomic E-state index is -0.217. The summed E-state index contributed by atoms with van der Waals surface area (Å²) in [6.07, 6.45) is 1.64. The lowest BCUT2D eigenvalue weighted by Crippen LogP contribution is -2.28. The van der Waals surface area contributed by atoms with E-state index in [0.717, 1.165) is 16.9 Å². The molecule has 17 heavy (non-hydrogen) atoms. The third-order valence-corrected chi connectivity index (χ3v) is 2.38. The first-order valence-electron chi connectivity index (χ1n) is 5.48. The van der Waals surface area contributed by atoms with Crippen molar-refractivity contribution in [2.75, 3.05) is 30.9 Å². The number of urea groups is 1. The highest BCUT2D eigenvalue weighted by atomic mass is 16.2. The van der Waals surface area contributed by atoms with Gasteiger partial charge in [0.25, 0.3) is 0 Å². The summed E-state index contributed by atoms with van der Waals surface area (Å²) in [5.74, 6) is 0. The van der Waals surface area contributed by atoms with Crippen LogP contribution >= 0.6 is 0 Å². The molecule has 1 rings (SSSR count). The van der Waals surface area contributed by atoms with Gasteiger partial charge in [-0.25, -0.2) is 4.79 Å². The molecule has 0 heterocycles. The zero-order valence-electron chi connectivity index (χ0n) is 10.6. The molecule has 0 bridgehead atoms. The number of aryl methyl sites for hydroxylation is 1. The van der Waals surface area contributed by atoms with Crippen LogP contribution in [0.3, 0.4) is 0 Å². The number of nitrogens with zero attached hydrogens (tertiary/aromatic N) is 1. The van der Waals surface area contributed by atoms with Crippen molar-refractivity contribution in [2.24, 2.45) is 0 Å². The molecule has 4 nitrogen and oxygen atoms in total. The summed E-state index contributed by atoms with van der Waals surface area (Å²) in [7, 11) is 3.97. The van der Waals surface area contributed by atoms with Gasteiger partial charge in [-0.3, -0.25) is 0 Å². The molecular formula is C13H19N3O. The van der Waals surface area contributed by atoms with E-state index in [9.17, 15) is 4.79 Å². The quantitative estimate of drug-likeness (QED) is 0.784. The Balaban J connectivity index is 2.72. The summed E-state index contributed by atoms with van der Waals surface area (Å²) in [5, 5.41) is 5.46. The van der Waals surface area contributed by atoms with Crippen molar-refractivity contribution in [3.63, 3.8) is 0 Å². The Morgan fingerprint density at radius 3 is 2.71 bits per heavy atom. The Hall–Kier alpha value is -1.97. The van der Waals surface area contributed by atoms with Crippen molar-refractivity contribution in [1.29, 1.82) is 0 Å². The van der Waals surface area contributed by atoms with Gasteiger partial charge in [0.05, 0.1) is 0 Å². The summed E-state index contributed by atoms with van der Waals surface area (Å²) in [6, 6.07) is 5.68. The molecule has 0 aliphatic rings. The number of rotatable bonds is 4. The van der Waals surface area contributed by atoms with Gasteiger partial charge in [0.15, 0.2) is 0 Å². The van der Waals surface area contributed by atoms with E-state index in [1.54, 1.807) is 6.08 Å². The predicted octanol–water partition coefficient (Wildman–Crippen LogP) is 2.37. The fraction of sp³-hybridized carbons (Fsp3) is 0.308. The van der Waals surface area contributed by atoms with E-state index in [-0.39, 0.29) is 6.03 Å². The lowest BCUT2D eigenvalue weighted by Gasteiger charge is -2.15. The first-order valence-corrected chi connectivity index (χ1v) is 5.48. The normalized spacial score (nSPS) is 9.59. The highest BCUT2D eigenvalue weighted by Gasteiger charge is 2.04. The highest BCUT2D eigenvalue weighted by Crippen LogP contribution is 2.21. The van der Waals surface area contributed by atoms with Gasteiger partial charge in [-0.2, -0.15) is 0 Å². The van der Waals surface area contributed by atoms with Crippen molar-refractivity contribution in [3.8, 4) is 0 Å². The molecule has 92 valence electrons. The molecule has 0 saturated heterocycles. The molecule has 2 N–H and O–H groups in total. The van der Waals surface area contributed by atoms with Crippen LogP contribution < -0.4 is 15.5 Å². The topological polar surface area (TPSA) is 44.4 Å². The minimum absolute atomic E-state index is 0.217. The Morgan fingerprint density at radius 2 is 2.18 bits per heavy atom. The number of amides is 2. The van der Waals surface area contributed by atoms with Crippen LogP contribution in [0.2, 0.25) is 0 Å². The van der Waals surface area contributed by atoms with Crippen molar-refractivity contribution < 1.29 is 4.79 Å². The molecule has 0 radical (unpaired) electrons. The van der Waals surface area contributed by atoms with Crippen LogP contribution in [0.1, 0.15) is 5.56 Å². The lowest BCUT2D eigenvalue weighted by molar-refractivity contribution is 0.253. The van der Waals surface area contributed by atoms with Crippen LogP contribution in [-0.2, 0) is 0 Å². The van der Waals surface area contributed by atoms with Crippen LogP contribution in [0.25, 0.3) is 0 Å². The second-order valence-electron chi connectivity index (χ2n) is 4.02. The maximum absolute atomic E-state index is 11.5. The third kappa shape index (κ3) is 3.83. The van der Waals surface area contributed by atoms with Crippen molar-refractivity contribution in [2.45, 2.75) is 6.92 Å². The third-order valence-electron chi connectivity index (χ3n) is 2.38. The molecule has 0 saturated carbocycles. The largest absolute Gasteiger partial charge is 0.378 e. The molecule has 1 aromatic rings. The molecule has 0 fully saturated rings. The summed E-state index contributed by atoms with van der Waals surface area (Å²) in [5.41, 5.74) is 2.96. The van der Waals surface area contributed by atoms with Gasteiger partial charge in [0.1, 0.15) is 0 Å². The summed E-state index contributed by atoms with van der Waals surface area (Å²) < 4.78 is 0. The van der Waals surface area contributed by atoms with Gasteiger partial charge in [-0.05, 0) is 30.7 Å². The van der Waals surface area contributed by atoms with Crippen LogP contribution in [0, 0.1) is 6.92 Å². The fourth-order valence-corrected chi connectivity index (χ4v) is 1.40. The molecule has 0 aliphatic carbocycles. The number of carbonyl (C=O) groups excluding carboxylic acids is 1. The van der Waals surface area contributed by atoms with Gasteiger partial charge >= 0.3 is 6.03 Å². The zero-order valence-corrected chi connectivity index (χ0v) is 10.6. The lowest BCUT2D eigenvalue weighted by atomic mass is 10.1. The summed E-state index contributed by atoms with van der Waals surface area (Å²) >= 11 is 0. The summed E-state index contributed by atoms with van der Waals surface area (Å²) in [4.78, 5) is 13.5. The van der Waals surface area contributed by atoms with Gasteiger partial charge in [-0.1, -0.05) is 6.08 Å². The molecule has 1 aromatic carbocycles. The van der Waals surface area contributed by atoms with Crippen molar-refractivity contribution in [3.05, 3.63) is 36.4 Å². The SMILES string of the molecule is C=CCNC(=O)Nc1ccc(N(C)C)cc1C. The van der Waals surface area contributed by atoms with Crippen LogP contribution in [0.5, 0.6) is 0 Å². The van der Waals surface area contributed by atoms with E-state index in [0.29, 0.717) is 6.54 Å². The van der Waals surface area contributed by atoms with Crippen molar-refractivity contribution in [1.82, 2.24) is 5.32 Å². The zero-order chi connectivity index (χ0) is 12.8. The average molecular weight is 233 g/mol. The van der Waals surface area contributed by atoms with E-state index in [1.807, 2.05) is 44.1 Å². The molecule has 0 unspecified atom stereocenters. The Labute approximate surface area is 102 Å². The van der Waals surface area contributed by atoms with Gasteiger partial charge in [0.2, 0.25) is 0 Å². The molecule has 0 spiro atoms. The number of hydrogen-bond donors (Lipinski definition) is 2. The second-order valence-corrected chi connectivity index (χ2v) is 4.02. The van der Waals surface area contributed by atoms with Crippen LogP contribution in [0.4, 0.5) is 16.2 Å². The van der Waals surface area contributed by atoms with Gasteiger partial charge in [-0.15, -0.1) is 6.58 Å².